The molecule has 0 saturated carbocycles. The minimum Gasteiger partial charge on any atom is -0.344 e. The first kappa shape index (κ1) is 9.99. The first-order valence-electron chi connectivity index (χ1n) is 3.65. The summed E-state index contributed by atoms with van der Waals surface area (Å²) in [6.45, 7) is 3.99. The van der Waals surface area contributed by atoms with Crippen molar-refractivity contribution in [2.24, 2.45) is 5.73 Å². The number of nitrogens with two attached hydrogens (primary N) is 1. The Kier molecular flexibility index (Phi) is 5.22. The molecule has 3 heteroatoms. The Bertz CT molecular complexity index is 178. The van der Waals surface area contributed by atoms with E-state index in [1.54, 1.807) is 6.92 Å². The van der Waals surface area contributed by atoms with E-state index in [9.17, 15) is 4.79 Å². The van der Waals surface area contributed by atoms with Crippen LogP contribution in [0.5, 0.6) is 0 Å². The number of carbonyl (C=O) groups is 1. The lowest BCUT2D eigenvalue weighted by Crippen LogP contribution is -2.40. The molecule has 0 saturated heterocycles. The van der Waals surface area contributed by atoms with E-state index >= 15 is 0 Å². The number of nitrogens with one attached hydrogen (secondary N) is 1. The number of amides is 1. The van der Waals surface area contributed by atoms with Crippen LogP contribution in [0.1, 0.15) is 20.3 Å². The maximum atomic E-state index is 10.9. The van der Waals surface area contributed by atoms with Crippen molar-refractivity contribution in [2.75, 3.05) is 6.54 Å². The van der Waals surface area contributed by atoms with Gasteiger partial charge in [0, 0.05) is 0 Å². The molecule has 1 amide bonds. The molecule has 0 spiro atoms. The normalized spacial score (nSPS) is 11.2. The van der Waals surface area contributed by atoms with E-state index in [0.717, 1.165) is 0 Å². The molecule has 0 rings (SSSR count). The van der Waals surface area contributed by atoms with Gasteiger partial charge in [-0.1, -0.05) is 12.8 Å². The Hall–Kier alpha value is -1.01. The lowest BCUT2D eigenvalue weighted by atomic mass is 10.2. The fraction of sp³-hybridized carbons (Fsp3) is 0.625. The van der Waals surface area contributed by atoms with E-state index < -0.39 is 6.04 Å². The van der Waals surface area contributed by atoms with Crippen LogP contribution in [0.2, 0.25) is 0 Å². The SMILES string of the molecule is CC#CCNC(=O)[C@@H](N)CC. The third-order valence-electron chi connectivity index (χ3n) is 1.30. The zero-order valence-electron chi connectivity index (χ0n) is 6.98. The van der Waals surface area contributed by atoms with E-state index in [1.165, 1.54) is 0 Å². The highest BCUT2D eigenvalue weighted by molar-refractivity contribution is 5.81. The van der Waals surface area contributed by atoms with Gasteiger partial charge in [-0.05, 0) is 13.3 Å². The van der Waals surface area contributed by atoms with Crippen LogP contribution in [0.3, 0.4) is 0 Å². The molecule has 0 aliphatic carbocycles. The van der Waals surface area contributed by atoms with Crippen LogP contribution in [0, 0.1) is 11.8 Å². The Morgan fingerprint density at radius 2 is 2.36 bits per heavy atom. The second-order valence-electron chi connectivity index (χ2n) is 2.16. The molecule has 0 bridgehead atoms. The van der Waals surface area contributed by atoms with Crippen molar-refractivity contribution in [3.05, 3.63) is 0 Å². The van der Waals surface area contributed by atoms with Gasteiger partial charge in [-0.2, -0.15) is 0 Å². The molecule has 1 atom stereocenters. The van der Waals surface area contributed by atoms with Crippen molar-refractivity contribution in [1.82, 2.24) is 5.32 Å². The fourth-order valence-electron chi connectivity index (χ4n) is 0.536. The first-order valence-corrected chi connectivity index (χ1v) is 3.65. The van der Waals surface area contributed by atoms with Crippen molar-refractivity contribution in [2.45, 2.75) is 26.3 Å². The van der Waals surface area contributed by atoms with E-state index in [2.05, 4.69) is 17.2 Å². The van der Waals surface area contributed by atoms with E-state index in [-0.39, 0.29) is 5.91 Å². The Morgan fingerprint density at radius 3 is 2.82 bits per heavy atom. The van der Waals surface area contributed by atoms with Crippen LogP contribution >= 0.6 is 0 Å². The highest BCUT2D eigenvalue weighted by atomic mass is 16.2. The first-order chi connectivity index (χ1) is 5.22. The van der Waals surface area contributed by atoms with Gasteiger partial charge in [-0.15, -0.1) is 5.92 Å². The summed E-state index contributed by atoms with van der Waals surface area (Å²) in [6.07, 6.45) is 0.658. The molecule has 3 nitrogen and oxygen atoms in total. The van der Waals surface area contributed by atoms with Gasteiger partial charge in [0.05, 0.1) is 12.6 Å². The quantitative estimate of drug-likeness (QED) is 0.556. The summed E-state index contributed by atoms with van der Waals surface area (Å²) in [4.78, 5) is 10.9. The average molecular weight is 154 g/mol. The standard InChI is InChI=1S/C8H14N2O/c1-3-5-6-10-8(11)7(9)4-2/h7H,4,6,9H2,1-2H3,(H,10,11)/t7-/m0/s1. The van der Waals surface area contributed by atoms with Crippen LogP contribution in [-0.2, 0) is 4.79 Å². The fourth-order valence-corrected chi connectivity index (χ4v) is 0.536. The van der Waals surface area contributed by atoms with Gasteiger partial charge < -0.3 is 11.1 Å². The zero-order chi connectivity index (χ0) is 8.69. The predicted octanol–water partition coefficient (Wildman–Crippen LogP) is -0.137. The van der Waals surface area contributed by atoms with E-state index in [4.69, 9.17) is 5.73 Å². The van der Waals surface area contributed by atoms with Gasteiger partial charge in [0.15, 0.2) is 0 Å². The summed E-state index contributed by atoms with van der Waals surface area (Å²) in [5, 5.41) is 2.60. The topological polar surface area (TPSA) is 55.1 Å². The van der Waals surface area contributed by atoms with Gasteiger partial charge in [-0.3, -0.25) is 4.79 Å². The van der Waals surface area contributed by atoms with Crippen molar-refractivity contribution in [1.29, 1.82) is 0 Å². The maximum absolute atomic E-state index is 10.9. The van der Waals surface area contributed by atoms with Crippen LogP contribution in [0.4, 0.5) is 0 Å². The molecule has 3 N–H and O–H groups in total. The lowest BCUT2D eigenvalue weighted by molar-refractivity contribution is -0.122. The van der Waals surface area contributed by atoms with Crippen LogP contribution in [0.25, 0.3) is 0 Å². The molecule has 0 aliphatic heterocycles. The number of hydrogen-bond donors (Lipinski definition) is 2. The summed E-state index contributed by atoms with van der Waals surface area (Å²) in [5.41, 5.74) is 5.44. The van der Waals surface area contributed by atoms with Gasteiger partial charge in [-0.25, -0.2) is 0 Å². The molecule has 0 aliphatic rings. The molecular formula is C8H14N2O. The van der Waals surface area contributed by atoms with Crippen LogP contribution in [-0.4, -0.2) is 18.5 Å². The Labute approximate surface area is 67.3 Å². The molecule has 0 fully saturated rings. The van der Waals surface area contributed by atoms with Crippen molar-refractivity contribution >= 4 is 5.91 Å². The number of rotatable bonds is 3. The highest BCUT2D eigenvalue weighted by Gasteiger charge is 2.08. The predicted molar refractivity (Wildman–Crippen MR) is 44.7 cm³/mol. The molecule has 0 aromatic carbocycles. The summed E-state index contributed by atoms with van der Waals surface area (Å²) < 4.78 is 0. The molecule has 0 radical (unpaired) electrons. The maximum Gasteiger partial charge on any atom is 0.237 e. The van der Waals surface area contributed by atoms with Crippen molar-refractivity contribution in [3.63, 3.8) is 0 Å². The second-order valence-corrected chi connectivity index (χ2v) is 2.16. The van der Waals surface area contributed by atoms with Gasteiger partial charge in [0.1, 0.15) is 0 Å². The monoisotopic (exact) mass is 154 g/mol. The van der Waals surface area contributed by atoms with Crippen molar-refractivity contribution < 1.29 is 4.79 Å². The van der Waals surface area contributed by atoms with Crippen LogP contribution < -0.4 is 11.1 Å². The van der Waals surface area contributed by atoms with Crippen molar-refractivity contribution in [3.8, 4) is 11.8 Å². The lowest BCUT2D eigenvalue weighted by Gasteiger charge is -2.06. The van der Waals surface area contributed by atoms with E-state index in [1.807, 2.05) is 6.92 Å². The minimum atomic E-state index is -0.395. The summed E-state index contributed by atoms with van der Waals surface area (Å²) >= 11 is 0. The number of hydrogen-bond acceptors (Lipinski definition) is 2. The highest BCUT2D eigenvalue weighted by Crippen LogP contribution is 1.83. The van der Waals surface area contributed by atoms with Crippen LogP contribution in [0.15, 0.2) is 0 Å². The van der Waals surface area contributed by atoms with E-state index in [0.29, 0.717) is 13.0 Å². The summed E-state index contributed by atoms with van der Waals surface area (Å²) in [6, 6.07) is -0.395. The molecular weight excluding hydrogens is 140 g/mol. The van der Waals surface area contributed by atoms with Gasteiger partial charge >= 0.3 is 0 Å². The number of carbonyl (C=O) groups excluding carboxylic acids is 1. The molecule has 62 valence electrons. The second kappa shape index (κ2) is 5.75. The Morgan fingerprint density at radius 1 is 1.73 bits per heavy atom. The van der Waals surface area contributed by atoms with Gasteiger partial charge in [0.25, 0.3) is 0 Å². The molecule has 0 heterocycles. The Balaban J connectivity index is 3.57. The molecule has 0 aromatic heterocycles. The average Bonchev–Trinajstić information content (AvgIpc) is 2.03. The summed E-state index contributed by atoms with van der Waals surface area (Å²) in [5.74, 6) is 5.27. The zero-order valence-corrected chi connectivity index (χ0v) is 6.98. The smallest absolute Gasteiger partial charge is 0.237 e. The minimum absolute atomic E-state index is 0.129. The summed E-state index contributed by atoms with van der Waals surface area (Å²) in [7, 11) is 0. The molecule has 0 unspecified atom stereocenters. The molecule has 11 heavy (non-hydrogen) atoms. The third-order valence-corrected chi connectivity index (χ3v) is 1.30. The van der Waals surface area contributed by atoms with Gasteiger partial charge in [0.2, 0.25) is 5.91 Å². The largest absolute Gasteiger partial charge is 0.344 e. The third kappa shape index (κ3) is 4.40. The molecule has 0 aromatic rings.